The zero-order valence-corrected chi connectivity index (χ0v) is 24.7. The van der Waals surface area contributed by atoms with Crippen molar-refractivity contribution in [3.63, 3.8) is 0 Å². The molecule has 0 saturated carbocycles. The van der Waals surface area contributed by atoms with Gasteiger partial charge in [-0.25, -0.2) is 8.78 Å². The van der Waals surface area contributed by atoms with Gasteiger partial charge in [0.05, 0.1) is 18.6 Å². The molecular formula is C34H31ClF2N6O. The summed E-state index contributed by atoms with van der Waals surface area (Å²) < 4.78 is 27.2. The normalized spacial score (nSPS) is 20.8. The summed E-state index contributed by atoms with van der Waals surface area (Å²) in [4.78, 5) is 20.1. The second kappa shape index (κ2) is 13.4. The molecule has 1 aromatic heterocycles. The van der Waals surface area contributed by atoms with Crippen LogP contribution in [0.3, 0.4) is 0 Å². The summed E-state index contributed by atoms with van der Waals surface area (Å²) in [6.45, 7) is 3.48. The molecule has 6 rings (SSSR count). The van der Waals surface area contributed by atoms with E-state index in [4.69, 9.17) is 11.6 Å². The lowest BCUT2D eigenvalue weighted by molar-refractivity contribution is -0.113. The first kappa shape index (κ1) is 29.6. The van der Waals surface area contributed by atoms with Crippen LogP contribution in [0.2, 0.25) is 5.02 Å². The van der Waals surface area contributed by atoms with Gasteiger partial charge in [-0.1, -0.05) is 41.1 Å². The van der Waals surface area contributed by atoms with Crippen LogP contribution >= 0.6 is 11.6 Å². The van der Waals surface area contributed by atoms with Gasteiger partial charge in [-0.3, -0.25) is 19.7 Å². The number of Topliss-reactive ketones (excluding diaryl/α,β-unsaturated/α-hetero) is 1. The number of likely N-dealkylation sites (tertiary alicyclic amines) is 1. The molecule has 1 unspecified atom stereocenters. The molecular weight excluding hydrogens is 582 g/mol. The van der Waals surface area contributed by atoms with Crippen molar-refractivity contribution in [2.75, 3.05) is 44.6 Å². The van der Waals surface area contributed by atoms with Crippen molar-refractivity contribution in [2.24, 2.45) is 10.3 Å². The van der Waals surface area contributed by atoms with E-state index in [-0.39, 0.29) is 23.5 Å². The van der Waals surface area contributed by atoms with Gasteiger partial charge in [-0.05, 0) is 78.3 Å². The summed E-state index contributed by atoms with van der Waals surface area (Å²) in [5.41, 5.74) is 4.57. The molecule has 0 radical (unpaired) electrons. The summed E-state index contributed by atoms with van der Waals surface area (Å²) in [6, 6.07) is 13.6. The number of hydrogen-bond donors (Lipinski definition) is 1. The SMILES string of the molecule is O=C1C(=CC2=CCC=C(F)C=C2)CN(CC2CN(CCNc3ccnc4cc(Cl)ccc34)N=N2)CC1=Cc1ccc(F)cc1. The van der Waals surface area contributed by atoms with Crippen molar-refractivity contribution >= 4 is 40.1 Å². The number of rotatable bonds is 8. The molecule has 224 valence electrons. The number of allylic oxidation sites excluding steroid dienone is 7. The summed E-state index contributed by atoms with van der Waals surface area (Å²) >= 11 is 6.12. The molecule has 0 amide bonds. The van der Waals surface area contributed by atoms with Crippen LogP contribution in [0.5, 0.6) is 0 Å². The van der Waals surface area contributed by atoms with Crippen LogP contribution in [0.4, 0.5) is 14.5 Å². The van der Waals surface area contributed by atoms with Crippen molar-refractivity contribution in [3.8, 4) is 0 Å². The lowest BCUT2D eigenvalue weighted by Gasteiger charge is -2.31. The molecule has 7 nitrogen and oxygen atoms in total. The minimum Gasteiger partial charge on any atom is -0.383 e. The maximum atomic E-state index is 13.7. The van der Waals surface area contributed by atoms with Crippen LogP contribution in [0.25, 0.3) is 17.0 Å². The number of ketones is 1. The van der Waals surface area contributed by atoms with Gasteiger partial charge in [0.2, 0.25) is 0 Å². The number of halogens is 3. The average molecular weight is 613 g/mol. The number of carbonyl (C=O) groups is 1. The quantitative estimate of drug-likeness (QED) is 0.274. The van der Waals surface area contributed by atoms with Crippen LogP contribution in [-0.4, -0.2) is 66.0 Å². The van der Waals surface area contributed by atoms with Crippen molar-refractivity contribution < 1.29 is 13.6 Å². The van der Waals surface area contributed by atoms with E-state index in [1.165, 1.54) is 24.3 Å². The highest BCUT2D eigenvalue weighted by atomic mass is 35.5. The molecule has 2 aliphatic heterocycles. The predicted octanol–water partition coefficient (Wildman–Crippen LogP) is 7.13. The number of nitrogens with one attached hydrogen (secondary N) is 1. The summed E-state index contributed by atoms with van der Waals surface area (Å²) in [5, 5.41) is 16.0. The average Bonchev–Trinajstić information content (AvgIpc) is 3.35. The minimum absolute atomic E-state index is 0.0595. The van der Waals surface area contributed by atoms with Crippen molar-refractivity contribution in [2.45, 2.75) is 12.5 Å². The fourth-order valence-corrected chi connectivity index (χ4v) is 5.68. The molecule has 0 bridgehead atoms. The van der Waals surface area contributed by atoms with Gasteiger partial charge in [-0.15, -0.1) is 0 Å². The first-order chi connectivity index (χ1) is 21.4. The molecule has 1 N–H and O–H groups in total. The molecule has 1 fully saturated rings. The van der Waals surface area contributed by atoms with Gasteiger partial charge >= 0.3 is 0 Å². The van der Waals surface area contributed by atoms with Gasteiger partial charge in [0.1, 0.15) is 17.7 Å². The number of aromatic nitrogens is 1. The van der Waals surface area contributed by atoms with Gasteiger partial charge in [0.25, 0.3) is 0 Å². The highest BCUT2D eigenvalue weighted by Gasteiger charge is 2.30. The fraction of sp³-hybridized carbons (Fsp3) is 0.235. The Kier molecular flexibility index (Phi) is 9.04. The van der Waals surface area contributed by atoms with Crippen molar-refractivity contribution in [1.29, 1.82) is 0 Å². The Morgan fingerprint density at radius 2 is 1.82 bits per heavy atom. The minimum atomic E-state index is -0.331. The molecule has 3 aromatic rings. The zero-order valence-electron chi connectivity index (χ0n) is 24.0. The van der Waals surface area contributed by atoms with Gasteiger partial charge in [0.15, 0.2) is 5.78 Å². The second-order valence-corrected chi connectivity index (χ2v) is 11.4. The third kappa shape index (κ3) is 7.35. The molecule has 1 saturated heterocycles. The molecule has 3 aliphatic rings. The number of fused-ring (bicyclic) bond motifs is 1. The third-order valence-corrected chi connectivity index (χ3v) is 7.88. The van der Waals surface area contributed by atoms with Crippen LogP contribution in [0.15, 0.2) is 118 Å². The van der Waals surface area contributed by atoms with E-state index >= 15 is 0 Å². The van der Waals surface area contributed by atoms with Crippen LogP contribution in [0.1, 0.15) is 12.0 Å². The van der Waals surface area contributed by atoms with Crippen LogP contribution in [0, 0.1) is 5.82 Å². The number of piperidine rings is 1. The van der Waals surface area contributed by atoms with Gasteiger partial charge in [0, 0.05) is 59.6 Å². The number of nitrogens with zero attached hydrogens (tertiary/aromatic N) is 5. The van der Waals surface area contributed by atoms with Gasteiger partial charge < -0.3 is 5.32 Å². The highest BCUT2D eigenvalue weighted by Crippen LogP contribution is 2.26. The maximum absolute atomic E-state index is 13.7. The molecule has 2 aromatic carbocycles. The lowest BCUT2D eigenvalue weighted by atomic mass is 9.93. The Labute approximate surface area is 259 Å². The molecule has 44 heavy (non-hydrogen) atoms. The van der Waals surface area contributed by atoms with Crippen molar-refractivity contribution in [1.82, 2.24) is 14.9 Å². The third-order valence-electron chi connectivity index (χ3n) is 7.65. The summed E-state index contributed by atoms with van der Waals surface area (Å²) in [7, 11) is 0. The highest BCUT2D eigenvalue weighted by molar-refractivity contribution is 6.31. The Balaban J connectivity index is 1.11. The predicted molar refractivity (Wildman–Crippen MR) is 170 cm³/mol. The maximum Gasteiger partial charge on any atom is 0.187 e. The van der Waals surface area contributed by atoms with E-state index < -0.39 is 0 Å². The van der Waals surface area contributed by atoms with Crippen molar-refractivity contribution in [3.05, 3.63) is 124 Å². The van der Waals surface area contributed by atoms with Crippen LogP contribution in [-0.2, 0) is 4.79 Å². The topological polar surface area (TPSA) is 73.2 Å². The Hall–Kier alpha value is -4.47. The molecule has 3 heterocycles. The Morgan fingerprint density at radius 1 is 1.00 bits per heavy atom. The number of benzene rings is 2. The van der Waals surface area contributed by atoms with E-state index in [1.54, 1.807) is 24.4 Å². The zero-order chi connectivity index (χ0) is 30.5. The summed E-state index contributed by atoms with van der Waals surface area (Å²) in [5.74, 6) is -0.694. The molecule has 1 atom stereocenters. The van der Waals surface area contributed by atoms with E-state index in [0.29, 0.717) is 61.9 Å². The first-order valence-electron chi connectivity index (χ1n) is 14.5. The summed E-state index contributed by atoms with van der Waals surface area (Å²) in [6.07, 6.45) is 12.3. The number of anilines is 1. The van der Waals surface area contributed by atoms with E-state index in [2.05, 4.69) is 25.5 Å². The molecule has 0 spiro atoms. The van der Waals surface area contributed by atoms with Gasteiger partial charge in [-0.2, -0.15) is 5.11 Å². The number of pyridine rings is 1. The Bertz CT molecular complexity index is 1740. The molecule has 10 heteroatoms. The smallest absolute Gasteiger partial charge is 0.187 e. The largest absolute Gasteiger partial charge is 0.383 e. The van der Waals surface area contributed by atoms with E-state index in [0.717, 1.165) is 27.7 Å². The number of hydrogen-bond acceptors (Lipinski definition) is 7. The standard InChI is InChI=1S/C34H31ClF2N6O/c35-27-7-11-31-32(12-13-38-33(31)18-27)39-14-15-43-22-30(40-41-43)21-42-19-25(16-23-2-1-3-28(36)8-4-23)34(44)26(20-42)17-24-5-9-29(37)10-6-24/h2-13,16-18,30H,1,14-15,19-22H2,(H,38,39). The van der Waals surface area contributed by atoms with Crippen LogP contribution < -0.4 is 5.32 Å². The monoisotopic (exact) mass is 612 g/mol. The van der Waals surface area contributed by atoms with E-state index in [1.807, 2.05) is 47.5 Å². The second-order valence-electron chi connectivity index (χ2n) is 11.0. The first-order valence-corrected chi connectivity index (χ1v) is 14.9. The van der Waals surface area contributed by atoms with E-state index in [9.17, 15) is 13.6 Å². The Morgan fingerprint density at radius 3 is 2.66 bits per heavy atom. The lowest BCUT2D eigenvalue weighted by Crippen LogP contribution is -2.42. The number of carbonyl (C=O) groups excluding carboxylic acids is 1. The molecule has 1 aliphatic carbocycles. The fourth-order valence-electron chi connectivity index (χ4n) is 5.51.